The number of hydrogen-bond donors (Lipinski definition) is 2. The van der Waals surface area contributed by atoms with Crippen molar-refractivity contribution in [2.75, 3.05) is 25.0 Å². The minimum Gasteiger partial charge on any atom is -0.325 e. The minimum atomic E-state index is -4.71. The smallest absolute Gasteiger partial charge is 0.325 e. The van der Waals surface area contributed by atoms with Crippen LogP contribution < -0.4 is 10.0 Å². The summed E-state index contributed by atoms with van der Waals surface area (Å²) in [4.78, 5) is 14.5. The summed E-state index contributed by atoms with van der Waals surface area (Å²) in [6, 6.07) is 14.9. The number of alkyl halides is 3. The van der Waals surface area contributed by atoms with Gasteiger partial charge < -0.3 is 5.32 Å². The van der Waals surface area contributed by atoms with Gasteiger partial charge >= 0.3 is 6.18 Å². The number of hydrogen-bond acceptors (Lipinski definition) is 4. The first kappa shape index (κ1) is 24.9. The van der Waals surface area contributed by atoms with Crippen LogP contribution >= 0.6 is 0 Å². The van der Waals surface area contributed by atoms with Gasteiger partial charge in [0.2, 0.25) is 15.9 Å². The molecule has 2 aromatic carbocycles. The zero-order chi connectivity index (χ0) is 24.1. The largest absolute Gasteiger partial charge is 0.404 e. The number of anilines is 1. The van der Waals surface area contributed by atoms with Crippen LogP contribution in [0.5, 0.6) is 0 Å². The molecule has 0 saturated carbocycles. The molecule has 1 saturated heterocycles. The second-order valence-corrected chi connectivity index (χ2v) is 9.88. The van der Waals surface area contributed by atoms with Gasteiger partial charge in [0.05, 0.1) is 5.75 Å². The molecule has 33 heavy (non-hydrogen) atoms. The monoisotopic (exact) mass is 481 g/mol. The molecule has 0 aromatic heterocycles. The summed E-state index contributed by atoms with van der Waals surface area (Å²) >= 11 is 0. The zero-order valence-electron chi connectivity index (χ0n) is 17.9. The summed E-state index contributed by atoms with van der Waals surface area (Å²) in [5.41, 5.74) is -1.03. The highest BCUT2D eigenvalue weighted by molar-refractivity contribution is 7.88. The van der Waals surface area contributed by atoms with Crippen molar-refractivity contribution in [3.63, 3.8) is 0 Å². The lowest BCUT2D eigenvalue weighted by molar-refractivity contribution is -0.215. The molecular formula is C23H26F3N3O3S. The van der Waals surface area contributed by atoms with E-state index in [9.17, 15) is 26.4 Å². The van der Waals surface area contributed by atoms with E-state index in [-0.39, 0.29) is 31.0 Å². The van der Waals surface area contributed by atoms with Crippen molar-refractivity contribution in [1.82, 2.24) is 9.62 Å². The van der Waals surface area contributed by atoms with Gasteiger partial charge in [-0.15, -0.1) is 6.58 Å². The van der Waals surface area contributed by atoms with Crippen LogP contribution in [0.1, 0.15) is 17.5 Å². The van der Waals surface area contributed by atoms with Crippen LogP contribution in [0, 0.1) is 5.41 Å². The van der Waals surface area contributed by atoms with Gasteiger partial charge in [0.25, 0.3) is 0 Å². The average Bonchev–Trinajstić information content (AvgIpc) is 3.20. The molecule has 178 valence electrons. The van der Waals surface area contributed by atoms with E-state index in [0.717, 1.165) is 5.56 Å². The Labute approximate surface area is 191 Å². The molecule has 2 aromatic rings. The maximum atomic E-state index is 14.1. The number of halogens is 3. The Bertz CT molecular complexity index is 1070. The summed E-state index contributed by atoms with van der Waals surface area (Å²) in [7, 11) is -3.57. The van der Waals surface area contributed by atoms with Gasteiger partial charge in [-0.25, -0.2) is 13.1 Å². The minimum absolute atomic E-state index is 0.0945. The number of carbonyl (C=O) groups excluding carboxylic acids is 1. The highest BCUT2D eigenvalue weighted by atomic mass is 32.2. The summed E-state index contributed by atoms with van der Waals surface area (Å²) in [5, 5.41) is 2.38. The number of likely N-dealkylation sites (tertiary alicyclic amines) is 1. The van der Waals surface area contributed by atoms with Crippen LogP contribution in [0.25, 0.3) is 0 Å². The summed E-state index contributed by atoms with van der Waals surface area (Å²) in [6.07, 6.45) is -3.63. The van der Waals surface area contributed by atoms with E-state index in [0.29, 0.717) is 12.1 Å². The molecule has 1 aliphatic heterocycles. The standard InChI is InChI=1S/C23H26F3N3O3S/c1-2-13-27-33(31,32)16-19-8-10-20(11-9-19)28-21(30)22(23(24,25)26)12-14-29(17-22)15-18-6-4-3-5-7-18/h2-11,27H,1,12-17H2,(H,28,30). The van der Waals surface area contributed by atoms with Crippen LogP contribution in [-0.2, 0) is 27.1 Å². The lowest BCUT2D eigenvalue weighted by Gasteiger charge is -2.30. The first-order chi connectivity index (χ1) is 15.5. The van der Waals surface area contributed by atoms with Crippen molar-refractivity contribution in [1.29, 1.82) is 0 Å². The molecule has 10 heteroatoms. The fraction of sp³-hybridized carbons (Fsp3) is 0.348. The van der Waals surface area contributed by atoms with Gasteiger partial charge in [-0.05, 0) is 36.2 Å². The fourth-order valence-electron chi connectivity index (χ4n) is 3.80. The molecule has 1 heterocycles. The van der Waals surface area contributed by atoms with Crippen LogP contribution in [0.3, 0.4) is 0 Å². The summed E-state index contributed by atoms with van der Waals surface area (Å²) in [5.74, 6) is -1.41. The fourth-order valence-corrected chi connectivity index (χ4v) is 4.91. The maximum Gasteiger partial charge on any atom is 0.404 e. The number of nitrogens with zero attached hydrogens (tertiary/aromatic N) is 1. The molecule has 0 aliphatic carbocycles. The van der Waals surface area contributed by atoms with E-state index in [1.807, 2.05) is 30.3 Å². The van der Waals surface area contributed by atoms with Gasteiger partial charge in [0.1, 0.15) is 0 Å². The molecule has 1 atom stereocenters. The second-order valence-electron chi connectivity index (χ2n) is 8.07. The molecule has 1 fully saturated rings. The second kappa shape index (κ2) is 10.1. The predicted molar refractivity (Wildman–Crippen MR) is 121 cm³/mol. The number of rotatable bonds is 9. The SMILES string of the molecule is C=CCNS(=O)(=O)Cc1ccc(NC(=O)C2(C(F)(F)F)CCN(Cc3ccccc3)C2)cc1. The van der Waals surface area contributed by atoms with Crippen LogP contribution in [-0.4, -0.2) is 45.0 Å². The molecule has 3 rings (SSSR count). The first-order valence-corrected chi connectivity index (χ1v) is 12.0. The Morgan fingerprint density at radius 3 is 2.36 bits per heavy atom. The molecule has 1 unspecified atom stereocenters. The third kappa shape index (κ3) is 6.21. The molecule has 0 spiro atoms. The van der Waals surface area contributed by atoms with Crippen molar-refractivity contribution in [2.45, 2.75) is 24.9 Å². The Morgan fingerprint density at radius 1 is 1.09 bits per heavy atom. The Balaban J connectivity index is 1.69. The van der Waals surface area contributed by atoms with Gasteiger partial charge in [-0.2, -0.15) is 13.2 Å². The summed E-state index contributed by atoms with van der Waals surface area (Å²) < 4.78 is 68.4. The Hall–Kier alpha value is -2.69. The summed E-state index contributed by atoms with van der Waals surface area (Å²) in [6.45, 7) is 3.58. The van der Waals surface area contributed by atoms with E-state index in [4.69, 9.17) is 0 Å². The van der Waals surface area contributed by atoms with Crippen molar-refractivity contribution in [2.24, 2.45) is 5.41 Å². The van der Waals surface area contributed by atoms with Gasteiger partial charge in [0.15, 0.2) is 5.41 Å². The molecule has 0 bridgehead atoms. The van der Waals surface area contributed by atoms with Crippen LogP contribution in [0.15, 0.2) is 67.3 Å². The highest BCUT2D eigenvalue weighted by Crippen LogP contribution is 2.46. The number of amides is 1. The van der Waals surface area contributed by atoms with E-state index < -0.39 is 34.1 Å². The van der Waals surface area contributed by atoms with Crippen molar-refractivity contribution in [3.05, 3.63) is 78.4 Å². The molecule has 2 N–H and O–H groups in total. The Kier molecular flexibility index (Phi) is 7.61. The molecule has 1 amide bonds. The predicted octanol–water partition coefficient (Wildman–Crippen LogP) is 3.69. The third-order valence-electron chi connectivity index (χ3n) is 5.59. The van der Waals surface area contributed by atoms with E-state index in [2.05, 4.69) is 16.6 Å². The topological polar surface area (TPSA) is 78.5 Å². The molecule has 1 aliphatic rings. The normalized spacial score (nSPS) is 19.4. The first-order valence-electron chi connectivity index (χ1n) is 10.4. The van der Waals surface area contributed by atoms with Crippen LogP contribution in [0.4, 0.5) is 18.9 Å². The highest BCUT2D eigenvalue weighted by Gasteiger charge is 2.62. The number of carbonyl (C=O) groups is 1. The van der Waals surface area contributed by atoms with Gasteiger partial charge in [0, 0.05) is 25.3 Å². The lowest BCUT2D eigenvalue weighted by Crippen LogP contribution is -2.49. The quantitative estimate of drug-likeness (QED) is 0.536. The van der Waals surface area contributed by atoms with Gasteiger partial charge in [-0.3, -0.25) is 9.69 Å². The van der Waals surface area contributed by atoms with E-state index in [1.165, 1.54) is 30.3 Å². The number of nitrogens with one attached hydrogen (secondary N) is 2. The van der Waals surface area contributed by atoms with E-state index >= 15 is 0 Å². The third-order valence-corrected chi connectivity index (χ3v) is 6.91. The van der Waals surface area contributed by atoms with Gasteiger partial charge in [-0.1, -0.05) is 48.5 Å². The number of benzene rings is 2. The van der Waals surface area contributed by atoms with Crippen molar-refractivity contribution >= 4 is 21.6 Å². The Morgan fingerprint density at radius 2 is 1.76 bits per heavy atom. The number of sulfonamides is 1. The average molecular weight is 482 g/mol. The lowest BCUT2D eigenvalue weighted by atomic mass is 9.85. The van der Waals surface area contributed by atoms with Crippen molar-refractivity contribution in [3.8, 4) is 0 Å². The van der Waals surface area contributed by atoms with E-state index in [1.54, 1.807) is 4.90 Å². The molecule has 0 radical (unpaired) electrons. The zero-order valence-corrected chi connectivity index (χ0v) is 18.8. The molecular weight excluding hydrogens is 455 g/mol. The van der Waals surface area contributed by atoms with Crippen LogP contribution in [0.2, 0.25) is 0 Å². The maximum absolute atomic E-state index is 14.1. The molecule has 6 nitrogen and oxygen atoms in total. The van der Waals surface area contributed by atoms with Crippen molar-refractivity contribution < 1.29 is 26.4 Å².